The van der Waals surface area contributed by atoms with Crippen LogP contribution in [0.15, 0.2) is 41.3 Å². The first-order chi connectivity index (χ1) is 14.8. The molecule has 0 atom stereocenters. The van der Waals surface area contributed by atoms with Crippen molar-refractivity contribution in [2.45, 2.75) is 49.5 Å². The number of carbonyl (C=O) groups is 1. The third kappa shape index (κ3) is 5.62. The van der Waals surface area contributed by atoms with Crippen molar-refractivity contribution in [1.29, 1.82) is 0 Å². The van der Waals surface area contributed by atoms with Crippen LogP contribution in [0.25, 0.3) is 22.2 Å². The number of hydrogen-bond donors (Lipinski definition) is 2. The van der Waals surface area contributed by atoms with E-state index in [4.69, 9.17) is 23.2 Å². The summed E-state index contributed by atoms with van der Waals surface area (Å²) in [5, 5.41) is 12.5. The molecule has 4 rings (SSSR count). The van der Waals surface area contributed by atoms with Crippen molar-refractivity contribution in [2.24, 2.45) is 0 Å². The van der Waals surface area contributed by atoms with Gasteiger partial charge in [-0.2, -0.15) is 0 Å². The summed E-state index contributed by atoms with van der Waals surface area (Å²) in [6.07, 6.45) is 4.31. The summed E-state index contributed by atoms with van der Waals surface area (Å²) in [7, 11) is -3.85. The van der Waals surface area contributed by atoms with Gasteiger partial charge in [0.1, 0.15) is 4.90 Å². The van der Waals surface area contributed by atoms with E-state index in [0.717, 1.165) is 32.1 Å². The number of fused-ring (bicyclic) bond motifs is 1. The first kappa shape index (κ1) is 26.2. The molecular weight excluding hydrogens is 498 g/mol. The Morgan fingerprint density at radius 1 is 1.09 bits per heavy atom. The fourth-order valence-corrected chi connectivity index (χ4v) is 6.33. The van der Waals surface area contributed by atoms with Gasteiger partial charge >= 0.3 is 51.4 Å². The molecule has 1 fully saturated rings. The third-order valence-corrected chi connectivity index (χ3v) is 7.95. The van der Waals surface area contributed by atoms with E-state index in [9.17, 15) is 18.3 Å². The van der Waals surface area contributed by atoms with Gasteiger partial charge in [0.25, 0.3) is 0 Å². The number of sulfonamides is 1. The van der Waals surface area contributed by atoms with Gasteiger partial charge in [-0.05, 0) is 48.2 Å². The molecule has 1 heterocycles. The fraction of sp³-hybridized carbons (Fsp3) is 0.318. The van der Waals surface area contributed by atoms with Crippen molar-refractivity contribution >= 4 is 50.1 Å². The normalized spacial score (nSPS) is 14.9. The van der Waals surface area contributed by atoms with Crippen molar-refractivity contribution in [3.63, 3.8) is 0 Å². The van der Waals surface area contributed by atoms with Crippen LogP contribution in [0.1, 0.15) is 37.7 Å². The Morgan fingerprint density at radius 3 is 2.50 bits per heavy atom. The molecule has 0 amide bonds. The smallest absolute Gasteiger partial charge is 0.550 e. The molecule has 1 aliphatic carbocycles. The molecule has 0 aliphatic heterocycles. The van der Waals surface area contributed by atoms with Crippen molar-refractivity contribution in [3.8, 4) is 11.3 Å². The second-order valence-electron chi connectivity index (χ2n) is 7.79. The molecule has 0 radical (unpaired) electrons. The van der Waals surface area contributed by atoms with Gasteiger partial charge < -0.3 is 14.9 Å². The number of aromatic nitrogens is 1. The second-order valence-corrected chi connectivity index (χ2v) is 10.3. The number of carboxylic acid groups (broad SMARTS) is 1. The van der Waals surface area contributed by atoms with Gasteiger partial charge in [-0.15, -0.1) is 0 Å². The molecule has 6 nitrogen and oxygen atoms in total. The average Bonchev–Trinajstić information content (AvgIpc) is 3.07. The summed E-state index contributed by atoms with van der Waals surface area (Å²) < 4.78 is 28.9. The minimum absolute atomic E-state index is 0. The van der Waals surface area contributed by atoms with Gasteiger partial charge in [-0.1, -0.05) is 54.6 Å². The van der Waals surface area contributed by atoms with Gasteiger partial charge in [-0.3, -0.25) is 0 Å². The van der Waals surface area contributed by atoms with Crippen LogP contribution in [0.4, 0.5) is 0 Å². The number of aromatic amines is 1. The average molecular weight is 519 g/mol. The first-order valence-electron chi connectivity index (χ1n) is 10.1. The largest absolute Gasteiger partial charge is 1.00 e. The maximum Gasteiger partial charge on any atom is 1.00 e. The standard InChI is InChI=1S/C22H22Cl2N2O4S.K/c23-16-10-9-13(11-19(16)31(29,30)26-14-5-2-1-3-6-14)22-15(12-20(27)28)21-17(24)7-4-8-18(21)25-22;/h4,7-11,14,25-26H,1-3,5-6,12H2,(H,27,28);/q;+1/p-1. The van der Waals surface area contributed by atoms with Crippen molar-refractivity contribution in [1.82, 2.24) is 9.71 Å². The van der Waals surface area contributed by atoms with Crippen LogP contribution in [-0.2, 0) is 21.2 Å². The van der Waals surface area contributed by atoms with Gasteiger partial charge in [0.15, 0.2) is 0 Å². The first-order valence-corrected chi connectivity index (χ1v) is 12.3. The number of carbonyl (C=O) groups excluding carboxylic acids is 1. The van der Waals surface area contributed by atoms with E-state index in [2.05, 4.69) is 9.71 Å². The molecule has 32 heavy (non-hydrogen) atoms. The van der Waals surface area contributed by atoms with Crippen LogP contribution in [0.5, 0.6) is 0 Å². The molecule has 3 aromatic rings. The maximum absolute atomic E-state index is 13.1. The monoisotopic (exact) mass is 518 g/mol. The molecule has 0 unspecified atom stereocenters. The number of halogens is 2. The van der Waals surface area contributed by atoms with Crippen molar-refractivity contribution in [3.05, 3.63) is 52.0 Å². The van der Waals surface area contributed by atoms with Crippen LogP contribution in [0.3, 0.4) is 0 Å². The SMILES string of the molecule is O=C([O-])Cc1c(-c2ccc(Cl)c(S(=O)(=O)NC3CCCCC3)c2)[nH]c2cccc(Cl)c12.[K+]. The van der Waals surface area contributed by atoms with E-state index in [0.29, 0.717) is 32.7 Å². The quantitative estimate of drug-likeness (QED) is 0.476. The minimum atomic E-state index is -3.85. The van der Waals surface area contributed by atoms with E-state index in [1.54, 1.807) is 24.3 Å². The number of nitrogens with one attached hydrogen (secondary N) is 2. The van der Waals surface area contributed by atoms with Crippen LogP contribution >= 0.6 is 23.2 Å². The van der Waals surface area contributed by atoms with Gasteiger partial charge in [-0.25, -0.2) is 13.1 Å². The zero-order valence-corrected chi connectivity index (χ0v) is 23.0. The Morgan fingerprint density at radius 2 is 1.81 bits per heavy atom. The zero-order chi connectivity index (χ0) is 22.2. The topological polar surface area (TPSA) is 102 Å². The predicted molar refractivity (Wildman–Crippen MR) is 120 cm³/mol. The summed E-state index contributed by atoms with van der Waals surface area (Å²) in [5.74, 6) is -1.26. The molecule has 1 saturated carbocycles. The summed E-state index contributed by atoms with van der Waals surface area (Å²) in [6.45, 7) is 0. The Balaban J connectivity index is 0.00000289. The number of benzene rings is 2. The summed E-state index contributed by atoms with van der Waals surface area (Å²) in [6, 6.07) is 9.71. The van der Waals surface area contributed by atoms with Crippen LogP contribution in [0.2, 0.25) is 10.0 Å². The van der Waals surface area contributed by atoms with Gasteiger partial charge in [0, 0.05) is 29.3 Å². The number of aliphatic carboxylic acids is 1. The molecular formula is C22H21Cl2KN2O4S. The number of rotatable bonds is 6. The van der Waals surface area contributed by atoms with Crippen LogP contribution in [-0.4, -0.2) is 25.4 Å². The van der Waals surface area contributed by atoms with Crippen LogP contribution in [0, 0.1) is 0 Å². The summed E-state index contributed by atoms with van der Waals surface area (Å²) in [5.41, 5.74) is 2.06. The molecule has 0 spiro atoms. The Kier molecular flexibility index (Phi) is 8.91. The van der Waals surface area contributed by atoms with Crippen molar-refractivity contribution in [2.75, 3.05) is 0 Å². The van der Waals surface area contributed by atoms with Crippen LogP contribution < -0.4 is 61.2 Å². The number of carboxylic acids is 1. The number of H-pyrrole nitrogens is 1. The Bertz CT molecular complexity index is 1250. The van der Waals surface area contributed by atoms with E-state index in [1.165, 1.54) is 12.1 Å². The molecule has 0 bridgehead atoms. The van der Waals surface area contributed by atoms with E-state index in [-0.39, 0.29) is 73.8 Å². The third-order valence-electron chi connectivity index (χ3n) is 5.63. The van der Waals surface area contributed by atoms with Gasteiger partial charge in [0.05, 0.1) is 15.7 Å². The predicted octanol–water partition coefficient (Wildman–Crippen LogP) is 1.05. The van der Waals surface area contributed by atoms with Crippen molar-refractivity contribution < 1.29 is 69.7 Å². The Labute approximate surface area is 239 Å². The molecule has 1 aromatic heterocycles. The molecule has 164 valence electrons. The zero-order valence-electron chi connectivity index (χ0n) is 17.6. The van der Waals surface area contributed by atoms with Gasteiger partial charge in [0.2, 0.25) is 10.0 Å². The minimum Gasteiger partial charge on any atom is -0.550 e. The van der Waals surface area contributed by atoms with E-state index in [1.807, 2.05) is 0 Å². The molecule has 10 heteroatoms. The molecule has 2 aromatic carbocycles. The molecule has 1 aliphatic rings. The van der Waals surface area contributed by atoms with E-state index >= 15 is 0 Å². The second kappa shape index (κ2) is 10.9. The molecule has 0 saturated heterocycles. The Hall–Kier alpha value is -0.424. The number of hydrogen-bond acceptors (Lipinski definition) is 4. The maximum atomic E-state index is 13.1. The summed E-state index contributed by atoms with van der Waals surface area (Å²) in [4.78, 5) is 14.5. The summed E-state index contributed by atoms with van der Waals surface area (Å²) >= 11 is 12.6. The van der Waals surface area contributed by atoms with E-state index < -0.39 is 16.0 Å². The fourth-order valence-electron chi connectivity index (χ4n) is 4.21. The molecule has 2 N–H and O–H groups in total.